The second kappa shape index (κ2) is 3.06. The molecule has 12 heavy (non-hydrogen) atoms. The van der Waals surface area contributed by atoms with Gasteiger partial charge in [0.2, 0.25) is 0 Å². The summed E-state index contributed by atoms with van der Waals surface area (Å²) in [5, 5.41) is 8.88. The Morgan fingerprint density at radius 3 is 2.42 bits per heavy atom. The topological polar surface area (TPSA) is 20.2 Å². The minimum atomic E-state index is -4.37. The van der Waals surface area contributed by atoms with Gasteiger partial charge in [-0.2, -0.15) is 13.2 Å². The molecule has 64 valence electrons. The van der Waals surface area contributed by atoms with Crippen LogP contribution in [0, 0.1) is 6.08 Å². The van der Waals surface area contributed by atoms with E-state index in [1.54, 1.807) is 22.6 Å². The number of aliphatic hydroxyl groups excluding tert-OH is 1. The zero-order chi connectivity index (χ0) is 9.35. The van der Waals surface area contributed by atoms with E-state index in [9.17, 15) is 13.2 Å². The van der Waals surface area contributed by atoms with Gasteiger partial charge in [0.05, 0.1) is 34.7 Å². The van der Waals surface area contributed by atoms with Crippen LogP contribution in [0.25, 0.3) is 0 Å². The molecule has 0 radical (unpaired) electrons. The van der Waals surface area contributed by atoms with E-state index in [0.29, 0.717) is 0 Å². The fourth-order valence-electron chi connectivity index (χ4n) is 0.625. The number of alkyl halides is 3. The van der Waals surface area contributed by atoms with Gasteiger partial charge in [0.1, 0.15) is 6.08 Å². The normalized spacial score (nSPS) is 17.5. The van der Waals surface area contributed by atoms with Crippen molar-refractivity contribution in [2.75, 3.05) is 0 Å². The van der Waals surface area contributed by atoms with Crippen LogP contribution in [0.2, 0.25) is 0 Å². The molecular formula is C7H3F3IO+. The maximum atomic E-state index is 12.0. The van der Waals surface area contributed by atoms with E-state index >= 15 is 0 Å². The van der Waals surface area contributed by atoms with E-state index in [2.05, 4.69) is 6.08 Å². The monoisotopic (exact) mass is 287 g/mol. The quantitative estimate of drug-likeness (QED) is 0.536. The second-order valence-electron chi connectivity index (χ2n) is 2.08. The van der Waals surface area contributed by atoms with Crippen molar-refractivity contribution >= 4 is 22.6 Å². The molecule has 0 heterocycles. The smallest absolute Gasteiger partial charge is 0.467 e. The zero-order valence-corrected chi connectivity index (χ0v) is 7.77. The molecule has 0 aromatic heterocycles. The lowest BCUT2D eigenvalue weighted by atomic mass is 10.1. The summed E-state index contributed by atoms with van der Waals surface area (Å²) >= 11 is 1.61. The van der Waals surface area contributed by atoms with Crippen LogP contribution >= 0.6 is 22.6 Å². The zero-order valence-electron chi connectivity index (χ0n) is 5.61. The van der Waals surface area contributed by atoms with Gasteiger partial charge >= 0.3 is 11.9 Å². The van der Waals surface area contributed by atoms with Crippen LogP contribution in [0.4, 0.5) is 13.2 Å². The summed E-state index contributed by atoms with van der Waals surface area (Å²) in [4.78, 5) is 0. The van der Waals surface area contributed by atoms with Crippen LogP contribution in [0.3, 0.4) is 0 Å². The fourth-order valence-corrected chi connectivity index (χ4v) is 1.12. The maximum Gasteiger partial charge on any atom is 0.467 e. The minimum Gasteiger partial charge on any atom is -0.480 e. The van der Waals surface area contributed by atoms with Crippen molar-refractivity contribution in [1.82, 2.24) is 0 Å². The van der Waals surface area contributed by atoms with Gasteiger partial charge in [-0.3, -0.25) is 0 Å². The predicted molar refractivity (Wildman–Crippen MR) is 45.6 cm³/mol. The molecule has 5 heteroatoms. The molecular weight excluding hydrogens is 284 g/mol. The summed E-state index contributed by atoms with van der Waals surface area (Å²) in [7, 11) is 0. The van der Waals surface area contributed by atoms with Gasteiger partial charge in [-0.1, -0.05) is 0 Å². The van der Waals surface area contributed by atoms with Crippen molar-refractivity contribution in [3.63, 3.8) is 0 Å². The van der Waals surface area contributed by atoms with Crippen LogP contribution in [0.15, 0.2) is 27.1 Å². The maximum absolute atomic E-state index is 12.0. The summed E-state index contributed by atoms with van der Waals surface area (Å²) in [5.74, 6) is -0.261. The molecule has 1 nitrogen and oxygen atoms in total. The van der Waals surface area contributed by atoms with E-state index in [1.807, 2.05) is 0 Å². The number of hydrogen-bond acceptors (Lipinski definition) is 1. The van der Waals surface area contributed by atoms with Crippen molar-refractivity contribution in [3.8, 4) is 0 Å². The molecule has 0 saturated carbocycles. The molecule has 0 fully saturated rings. The Labute approximate surface area is 80.4 Å². The summed E-state index contributed by atoms with van der Waals surface area (Å²) in [5.41, 5.74) is -0.801. The average Bonchev–Trinajstić information content (AvgIpc) is 1.92. The van der Waals surface area contributed by atoms with Crippen LogP contribution < -0.4 is 0 Å². The van der Waals surface area contributed by atoms with Crippen molar-refractivity contribution in [3.05, 3.63) is 33.1 Å². The van der Waals surface area contributed by atoms with Crippen molar-refractivity contribution < 1.29 is 18.3 Å². The number of rotatable bonds is 0. The first-order chi connectivity index (χ1) is 5.41. The number of hydrogen-bond donors (Lipinski definition) is 1. The van der Waals surface area contributed by atoms with Crippen molar-refractivity contribution in [2.45, 2.75) is 6.18 Å². The first kappa shape index (κ1) is 9.54. The Balaban J connectivity index is 3.02. The second-order valence-corrected chi connectivity index (χ2v) is 3.24. The van der Waals surface area contributed by atoms with E-state index in [1.165, 1.54) is 0 Å². The van der Waals surface area contributed by atoms with E-state index in [4.69, 9.17) is 5.11 Å². The Kier molecular flexibility index (Phi) is 2.44. The molecule has 1 aliphatic carbocycles. The van der Waals surface area contributed by atoms with Gasteiger partial charge in [0, 0.05) is 0 Å². The molecule has 0 amide bonds. The Bertz CT molecular complexity index is 286. The van der Waals surface area contributed by atoms with Crippen LogP contribution in [-0.2, 0) is 0 Å². The number of halogens is 4. The van der Waals surface area contributed by atoms with E-state index in [0.717, 1.165) is 12.2 Å². The summed E-state index contributed by atoms with van der Waals surface area (Å²) in [6.45, 7) is 0. The van der Waals surface area contributed by atoms with Gasteiger partial charge < -0.3 is 5.11 Å². The Morgan fingerprint density at radius 2 is 2.00 bits per heavy atom. The molecule has 1 N–H and O–H groups in total. The van der Waals surface area contributed by atoms with Crippen LogP contribution in [0.5, 0.6) is 0 Å². The third kappa shape index (κ3) is 1.98. The summed E-state index contributed by atoms with van der Waals surface area (Å²) in [6, 6.07) is 0. The first-order valence-electron chi connectivity index (χ1n) is 2.88. The highest BCUT2D eigenvalue weighted by Crippen LogP contribution is 2.32. The van der Waals surface area contributed by atoms with E-state index < -0.39 is 11.7 Å². The molecule has 1 aliphatic rings. The molecule has 0 saturated heterocycles. The number of aliphatic hydroxyl groups is 1. The van der Waals surface area contributed by atoms with Gasteiger partial charge in [-0.05, 0) is 0 Å². The summed E-state index contributed by atoms with van der Waals surface area (Å²) < 4.78 is 36.1. The molecule has 1 rings (SSSR count). The Morgan fingerprint density at radius 1 is 1.42 bits per heavy atom. The van der Waals surface area contributed by atoms with Gasteiger partial charge in [0.15, 0.2) is 9.15 Å². The number of allylic oxidation sites excluding steroid dienone is 5. The molecule has 0 aliphatic heterocycles. The first-order valence-corrected chi connectivity index (χ1v) is 3.96. The lowest BCUT2D eigenvalue weighted by Gasteiger charge is -2.02. The van der Waals surface area contributed by atoms with Gasteiger partial charge in [-0.25, -0.2) is 0 Å². The SMILES string of the molecule is OC1=C(I)C=C(C(F)(F)F)C=[C+]1. The van der Waals surface area contributed by atoms with Gasteiger partial charge in [0.25, 0.3) is 0 Å². The standard InChI is InChI=1S/C7H2F3IO/c8-7(9,10)4-1-2-6(12)5(11)3-4/h1,3H/p+1. The van der Waals surface area contributed by atoms with Crippen LogP contribution in [-0.4, -0.2) is 11.3 Å². The highest BCUT2D eigenvalue weighted by Gasteiger charge is 2.40. The lowest BCUT2D eigenvalue weighted by molar-refractivity contribution is -0.0883. The van der Waals surface area contributed by atoms with Crippen molar-refractivity contribution in [1.29, 1.82) is 0 Å². The molecule has 0 spiro atoms. The van der Waals surface area contributed by atoms with E-state index in [-0.39, 0.29) is 9.34 Å². The molecule has 0 aromatic carbocycles. The third-order valence-electron chi connectivity index (χ3n) is 1.20. The Hall–Kier alpha value is -0.550. The predicted octanol–water partition coefficient (Wildman–Crippen LogP) is 3.05. The highest BCUT2D eigenvalue weighted by atomic mass is 127. The van der Waals surface area contributed by atoms with Crippen LogP contribution in [0.1, 0.15) is 0 Å². The lowest BCUT2D eigenvalue weighted by Crippen LogP contribution is -2.11. The molecule has 0 atom stereocenters. The minimum absolute atomic E-state index is 0.141. The van der Waals surface area contributed by atoms with Crippen molar-refractivity contribution in [2.24, 2.45) is 0 Å². The largest absolute Gasteiger partial charge is 0.480 e. The molecule has 0 unspecified atom stereocenters. The fraction of sp³-hybridized carbons (Fsp3) is 0.143. The molecule has 0 aromatic rings. The molecule has 0 bridgehead atoms. The average molecular weight is 287 g/mol. The summed E-state index contributed by atoms with van der Waals surface area (Å²) in [6.07, 6.45) is -0.681. The van der Waals surface area contributed by atoms with Gasteiger partial charge in [-0.15, -0.1) is 0 Å². The highest BCUT2D eigenvalue weighted by molar-refractivity contribution is 14.1. The third-order valence-corrected chi connectivity index (χ3v) is 2.02.